The smallest absolute Gasteiger partial charge is 0.262 e. The summed E-state index contributed by atoms with van der Waals surface area (Å²) in [4.78, 5) is 30.2. The molecule has 1 amide bonds. The first kappa shape index (κ1) is 22.9. The first-order valence-electron chi connectivity index (χ1n) is 9.83. The van der Waals surface area contributed by atoms with Crippen molar-refractivity contribution >= 4 is 54.9 Å². The van der Waals surface area contributed by atoms with Gasteiger partial charge in [-0.05, 0) is 36.1 Å². The number of benzene rings is 1. The maximum atomic E-state index is 13.0. The summed E-state index contributed by atoms with van der Waals surface area (Å²) in [6, 6.07) is 6.55. The summed E-state index contributed by atoms with van der Waals surface area (Å²) in [6.07, 6.45) is 0. The molecule has 0 unspecified atom stereocenters. The topological polar surface area (TPSA) is 111 Å². The van der Waals surface area contributed by atoms with E-state index in [1.165, 1.54) is 26.3 Å². The summed E-state index contributed by atoms with van der Waals surface area (Å²) >= 11 is 2.52. The molecule has 1 saturated heterocycles. The third-order valence-corrected chi connectivity index (χ3v) is 8.93. The fourth-order valence-electron chi connectivity index (χ4n) is 3.32. The number of anilines is 1. The molecule has 0 saturated carbocycles. The van der Waals surface area contributed by atoms with Crippen molar-refractivity contribution in [2.45, 2.75) is 17.0 Å². The Kier molecular flexibility index (Phi) is 6.67. The third-order valence-electron chi connectivity index (χ3n) is 5.06. The van der Waals surface area contributed by atoms with E-state index in [-0.39, 0.29) is 22.1 Å². The highest BCUT2D eigenvalue weighted by molar-refractivity contribution is 7.99. The second-order valence-corrected chi connectivity index (χ2v) is 11.0. The van der Waals surface area contributed by atoms with Gasteiger partial charge in [0.25, 0.3) is 5.56 Å². The Bertz CT molecular complexity index is 1330. The van der Waals surface area contributed by atoms with Gasteiger partial charge in [0, 0.05) is 25.8 Å². The number of nitrogens with one attached hydrogen (secondary N) is 1. The van der Waals surface area contributed by atoms with E-state index in [1.807, 2.05) is 0 Å². The highest BCUT2D eigenvalue weighted by atomic mass is 32.2. The molecule has 1 N–H and O–H groups in total. The minimum Gasteiger partial charge on any atom is -0.379 e. The summed E-state index contributed by atoms with van der Waals surface area (Å²) in [6.45, 7) is 3.05. The Morgan fingerprint density at radius 2 is 2.03 bits per heavy atom. The second-order valence-electron chi connectivity index (χ2n) is 7.23. The van der Waals surface area contributed by atoms with Gasteiger partial charge >= 0.3 is 0 Å². The Balaban J connectivity index is 1.48. The van der Waals surface area contributed by atoms with Gasteiger partial charge in [0.2, 0.25) is 15.9 Å². The third kappa shape index (κ3) is 4.59. The van der Waals surface area contributed by atoms with Gasteiger partial charge in [0.15, 0.2) is 5.16 Å². The molecule has 12 heteroatoms. The first-order valence-corrected chi connectivity index (χ1v) is 13.1. The number of amides is 1. The van der Waals surface area contributed by atoms with Crippen molar-refractivity contribution in [2.24, 2.45) is 7.05 Å². The van der Waals surface area contributed by atoms with Crippen molar-refractivity contribution in [1.82, 2.24) is 13.9 Å². The molecule has 0 bridgehead atoms. The maximum Gasteiger partial charge on any atom is 0.262 e. The van der Waals surface area contributed by atoms with Gasteiger partial charge in [-0.3, -0.25) is 14.2 Å². The van der Waals surface area contributed by atoms with Crippen molar-refractivity contribution in [2.75, 3.05) is 37.4 Å². The summed E-state index contributed by atoms with van der Waals surface area (Å²) < 4.78 is 34.1. The molecule has 32 heavy (non-hydrogen) atoms. The van der Waals surface area contributed by atoms with Crippen molar-refractivity contribution in [3.8, 4) is 0 Å². The lowest BCUT2D eigenvalue weighted by Crippen LogP contribution is -2.40. The molecule has 0 radical (unpaired) electrons. The van der Waals surface area contributed by atoms with Gasteiger partial charge in [-0.25, -0.2) is 13.4 Å². The average molecular weight is 495 g/mol. The summed E-state index contributed by atoms with van der Waals surface area (Å²) in [5, 5.41) is 5.55. The van der Waals surface area contributed by atoms with E-state index in [1.54, 1.807) is 37.6 Å². The molecule has 1 aliphatic heterocycles. The highest BCUT2D eigenvalue weighted by Crippen LogP contribution is 2.25. The molecule has 3 aromatic rings. The maximum absolute atomic E-state index is 13.0. The van der Waals surface area contributed by atoms with Crippen LogP contribution in [-0.2, 0) is 26.6 Å². The van der Waals surface area contributed by atoms with Crippen LogP contribution in [0.15, 0.2) is 44.5 Å². The van der Waals surface area contributed by atoms with Crippen LogP contribution in [0.5, 0.6) is 0 Å². The number of sulfonamides is 1. The van der Waals surface area contributed by atoms with Gasteiger partial charge in [-0.15, -0.1) is 11.3 Å². The van der Waals surface area contributed by atoms with Crippen molar-refractivity contribution in [1.29, 1.82) is 0 Å². The van der Waals surface area contributed by atoms with E-state index in [4.69, 9.17) is 4.74 Å². The Hall–Kier alpha value is -2.25. The minimum atomic E-state index is -3.68. The molecule has 0 spiro atoms. The van der Waals surface area contributed by atoms with Gasteiger partial charge in [-0.2, -0.15) is 4.31 Å². The molecule has 0 aliphatic carbocycles. The number of rotatable bonds is 6. The minimum absolute atomic E-state index is 0.0244. The lowest BCUT2D eigenvalue weighted by atomic mass is 10.2. The number of morpholine rings is 1. The number of carbonyl (C=O) groups is 1. The fraction of sp³-hybridized carbons (Fsp3) is 0.350. The molecule has 170 valence electrons. The Labute approximate surface area is 193 Å². The predicted octanol–water partition coefficient (Wildman–Crippen LogP) is 2.06. The molecule has 4 rings (SSSR count). The quantitative estimate of drug-likeness (QED) is 0.412. The number of carbonyl (C=O) groups excluding carboxylic acids is 1. The number of thioether (sulfide) groups is 1. The first-order chi connectivity index (χ1) is 15.3. The van der Waals surface area contributed by atoms with Crippen LogP contribution >= 0.6 is 23.1 Å². The van der Waals surface area contributed by atoms with E-state index in [0.29, 0.717) is 52.9 Å². The zero-order valence-electron chi connectivity index (χ0n) is 17.5. The number of hydrogen-bond acceptors (Lipinski definition) is 8. The Morgan fingerprint density at radius 1 is 1.28 bits per heavy atom. The SMILES string of the molecule is Cc1ccc(NC(=O)CSc2nc3sccc3c(=O)n2C)cc1S(=O)(=O)N1CCOCC1. The molecule has 1 aromatic carbocycles. The van der Waals surface area contributed by atoms with Crippen LogP contribution in [-0.4, -0.2) is 60.2 Å². The molecule has 1 aliphatic rings. The molecule has 1 fully saturated rings. The van der Waals surface area contributed by atoms with Crippen LogP contribution in [0.3, 0.4) is 0 Å². The molecule has 9 nitrogen and oxygen atoms in total. The van der Waals surface area contributed by atoms with E-state index in [0.717, 1.165) is 11.8 Å². The van der Waals surface area contributed by atoms with Crippen molar-refractivity contribution in [3.05, 3.63) is 45.6 Å². The van der Waals surface area contributed by atoms with Crippen molar-refractivity contribution in [3.63, 3.8) is 0 Å². The van der Waals surface area contributed by atoms with Gasteiger partial charge < -0.3 is 10.1 Å². The average Bonchev–Trinajstić information content (AvgIpc) is 3.26. The van der Waals surface area contributed by atoms with Gasteiger partial charge in [-0.1, -0.05) is 17.8 Å². The standard InChI is InChI=1S/C20H22N4O5S3/c1-13-3-4-14(11-16(13)32(27,28)24-6-8-29-9-7-24)21-17(25)12-31-20-22-18-15(5-10-30-18)19(26)23(20)2/h3-5,10-11H,6-9,12H2,1-2H3,(H,21,25). The van der Waals surface area contributed by atoms with E-state index in [2.05, 4.69) is 10.3 Å². The predicted molar refractivity (Wildman–Crippen MR) is 125 cm³/mol. The van der Waals surface area contributed by atoms with Gasteiger partial charge in [0.05, 0.1) is 29.2 Å². The van der Waals surface area contributed by atoms with Crippen LogP contribution in [0.1, 0.15) is 5.56 Å². The van der Waals surface area contributed by atoms with Crippen LogP contribution in [0, 0.1) is 6.92 Å². The van der Waals surface area contributed by atoms with E-state index >= 15 is 0 Å². The largest absolute Gasteiger partial charge is 0.379 e. The molecule has 3 heterocycles. The number of aryl methyl sites for hydroxylation is 1. The van der Waals surface area contributed by atoms with Crippen LogP contribution in [0.25, 0.3) is 10.2 Å². The van der Waals surface area contributed by atoms with E-state index < -0.39 is 10.0 Å². The lowest BCUT2D eigenvalue weighted by molar-refractivity contribution is -0.113. The number of hydrogen-bond donors (Lipinski definition) is 1. The number of fused-ring (bicyclic) bond motifs is 1. The summed E-state index contributed by atoms with van der Waals surface area (Å²) in [5.41, 5.74) is 0.839. The highest BCUT2D eigenvalue weighted by Gasteiger charge is 2.28. The number of thiophene rings is 1. The normalized spacial score (nSPS) is 15.2. The molecule has 2 aromatic heterocycles. The molecule has 0 atom stereocenters. The van der Waals surface area contributed by atoms with Crippen LogP contribution in [0.4, 0.5) is 5.69 Å². The monoisotopic (exact) mass is 494 g/mol. The summed E-state index contributed by atoms with van der Waals surface area (Å²) in [5.74, 6) is -0.301. The number of aromatic nitrogens is 2. The van der Waals surface area contributed by atoms with Crippen LogP contribution < -0.4 is 10.9 Å². The zero-order valence-corrected chi connectivity index (χ0v) is 20.0. The van der Waals surface area contributed by atoms with Gasteiger partial charge in [0.1, 0.15) is 4.83 Å². The lowest BCUT2D eigenvalue weighted by Gasteiger charge is -2.26. The van der Waals surface area contributed by atoms with E-state index in [9.17, 15) is 18.0 Å². The number of ether oxygens (including phenoxy) is 1. The molecular weight excluding hydrogens is 472 g/mol. The second kappa shape index (κ2) is 9.32. The fourth-order valence-corrected chi connectivity index (χ4v) is 6.55. The Morgan fingerprint density at radius 3 is 2.78 bits per heavy atom. The zero-order chi connectivity index (χ0) is 22.9. The molecular formula is C20H22N4O5S3. The van der Waals surface area contributed by atoms with Crippen LogP contribution in [0.2, 0.25) is 0 Å². The van der Waals surface area contributed by atoms with Crippen molar-refractivity contribution < 1.29 is 17.9 Å². The number of nitrogens with zero attached hydrogens (tertiary/aromatic N) is 3. The summed E-state index contributed by atoms with van der Waals surface area (Å²) in [7, 11) is -2.06.